The molecule has 2 rings (SSSR count). The predicted octanol–water partition coefficient (Wildman–Crippen LogP) is 2.18. The quantitative estimate of drug-likeness (QED) is 0.638. The topological polar surface area (TPSA) is 102 Å². The lowest BCUT2D eigenvalue weighted by Crippen LogP contribution is -2.34. The Balaban J connectivity index is 2.39. The van der Waals surface area contributed by atoms with Crippen molar-refractivity contribution in [2.75, 3.05) is 26.7 Å². The minimum absolute atomic E-state index is 0.105. The molecule has 1 aromatic rings. The smallest absolute Gasteiger partial charge is 0.314 e. The number of methoxy groups -OCH3 is 1. The average molecular weight is 309 g/mol. The molecule has 7 heteroatoms. The highest BCUT2D eigenvalue weighted by molar-refractivity contribution is 5.57. The van der Waals surface area contributed by atoms with Gasteiger partial charge in [-0.05, 0) is 37.6 Å². The Morgan fingerprint density at radius 1 is 1.36 bits per heavy atom. The summed E-state index contributed by atoms with van der Waals surface area (Å²) in [6, 6.07) is 2.94. The number of phenolic OH excluding ortho intramolecular Hbond substituents is 1. The number of likely N-dealkylation sites (tertiary alicyclic amines) is 1. The van der Waals surface area contributed by atoms with Crippen molar-refractivity contribution in [3.8, 4) is 11.5 Å². The van der Waals surface area contributed by atoms with Crippen molar-refractivity contribution < 1.29 is 14.8 Å². The number of nitro benzene ring substituents is 1. The Morgan fingerprint density at radius 3 is 2.50 bits per heavy atom. The number of hydrogen-bond donors (Lipinski definition) is 2. The molecule has 0 aromatic heterocycles. The third-order valence-corrected chi connectivity index (χ3v) is 4.18. The lowest BCUT2D eigenvalue weighted by Gasteiger charge is -2.30. The molecule has 1 saturated heterocycles. The van der Waals surface area contributed by atoms with Crippen LogP contribution in [0.1, 0.15) is 37.3 Å². The van der Waals surface area contributed by atoms with Gasteiger partial charge < -0.3 is 15.6 Å². The van der Waals surface area contributed by atoms with Crippen LogP contribution in [0.3, 0.4) is 0 Å². The van der Waals surface area contributed by atoms with Crippen LogP contribution in [0, 0.1) is 10.1 Å². The molecule has 0 radical (unpaired) electrons. The highest BCUT2D eigenvalue weighted by atomic mass is 16.6. The summed E-state index contributed by atoms with van der Waals surface area (Å²) in [5, 5.41) is 21.0. The molecule has 0 aliphatic carbocycles. The summed E-state index contributed by atoms with van der Waals surface area (Å²) in [6.45, 7) is 2.22. The van der Waals surface area contributed by atoms with Crippen molar-refractivity contribution in [1.82, 2.24) is 4.90 Å². The average Bonchev–Trinajstić information content (AvgIpc) is 2.78. The van der Waals surface area contributed by atoms with Crippen molar-refractivity contribution in [2.45, 2.75) is 31.7 Å². The van der Waals surface area contributed by atoms with Gasteiger partial charge in [-0.1, -0.05) is 12.8 Å². The van der Waals surface area contributed by atoms with E-state index in [9.17, 15) is 15.2 Å². The van der Waals surface area contributed by atoms with Crippen molar-refractivity contribution in [3.05, 3.63) is 27.8 Å². The number of nitro groups is 1. The van der Waals surface area contributed by atoms with E-state index < -0.39 is 10.7 Å². The van der Waals surface area contributed by atoms with Crippen LogP contribution >= 0.6 is 0 Å². The van der Waals surface area contributed by atoms with Gasteiger partial charge in [0, 0.05) is 18.7 Å². The van der Waals surface area contributed by atoms with Crippen molar-refractivity contribution in [1.29, 1.82) is 0 Å². The van der Waals surface area contributed by atoms with E-state index in [2.05, 4.69) is 4.90 Å². The molecular formula is C15H23N3O4. The van der Waals surface area contributed by atoms with E-state index in [0.29, 0.717) is 12.1 Å². The highest BCUT2D eigenvalue weighted by Gasteiger charge is 2.26. The van der Waals surface area contributed by atoms with Gasteiger partial charge in [-0.2, -0.15) is 0 Å². The summed E-state index contributed by atoms with van der Waals surface area (Å²) in [5.74, 6) is -0.333. The molecule has 3 N–H and O–H groups in total. The van der Waals surface area contributed by atoms with Crippen LogP contribution in [0.2, 0.25) is 0 Å². The normalized spacial score (nSPS) is 17.7. The third-order valence-electron chi connectivity index (χ3n) is 4.18. The first-order valence-corrected chi connectivity index (χ1v) is 7.58. The van der Waals surface area contributed by atoms with Crippen LogP contribution < -0.4 is 10.5 Å². The molecule has 0 bridgehead atoms. The van der Waals surface area contributed by atoms with Gasteiger partial charge in [0.1, 0.15) is 0 Å². The van der Waals surface area contributed by atoms with E-state index in [1.165, 1.54) is 26.0 Å². The van der Waals surface area contributed by atoms with Gasteiger partial charge in [-0.25, -0.2) is 0 Å². The molecule has 1 fully saturated rings. The molecule has 22 heavy (non-hydrogen) atoms. The first-order chi connectivity index (χ1) is 10.6. The number of nitrogens with zero attached hydrogens (tertiary/aromatic N) is 2. The molecule has 0 spiro atoms. The molecule has 1 unspecified atom stereocenters. The summed E-state index contributed by atoms with van der Waals surface area (Å²) < 4.78 is 5.07. The minimum atomic E-state index is -0.600. The largest absolute Gasteiger partial charge is 0.500 e. The summed E-state index contributed by atoms with van der Waals surface area (Å²) in [5.41, 5.74) is 6.30. The minimum Gasteiger partial charge on any atom is -0.500 e. The molecule has 1 atom stereocenters. The third kappa shape index (κ3) is 3.48. The second kappa shape index (κ2) is 7.42. The molecule has 7 nitrogen and oxygen atoms in total. The number of rotatable bonds is 5. The number of benzene rings is 1. The van der Waals surface area contributed by atoms with Gasteiger partial charge in [-0.3, -0.25) is 15.0 Å². The Bertz CT molecular complexity index is 528. The van der Waals surface area contributed by atoms with Crippen LogP contribution in [0.25, 0.3) is 0 Å². The molecule has 1 aliphatic rings. The second-order valence-corrected chi connectivity index (χ2v) is 5.55. The summed E-state index contributed by atoms with van der Waals surface area (Å²) in [4.78, 5) is 12.8. The predicted molar refractivity (Wildman–Crippen MR) is 83.1 cm³/mol. The van der Waals surface area contributed by atoms with Gasteiger partial charge in [0.25, 0.3) is 0 Å². The fourth-order valence-electron chi connectivity index (χ4n) is 3.00. The highest BCUT2D eigenvalue weighted by Crippen LogP contribution is 2.39. The van der Waals surface area contributed by atoms with E-state index in [-0.39, 0.29) is 17.5 Å². The Morgan fingerprint density at radius 2 is 2.00 bits per heavy atom. The Labute approximate surface area is 129 Å². The number of nitrogens with two attached hydrogens (primary N) is 1. The SMILES string of the molecule is COc1cc(C(CN)N2CCCCCC2)cc([N+](=O)[O-])c1O. The maximum absolute atomic E-state index is 11.1. The van der Waals surface area contributed by atoms with Gasteiger partial charge in [0.05, 0.1) is 12.0 Å². The molecular weight excluding hydrogens is 286 g/mol. The maximum Gasteiger partial charge on any atom is 0.314 e. The number of aromatic hydroxyl groups is 1. The number of ether oxygens (including phenoxy) is 1. The number of phenols is 1. The fraction of sp³-hybridized carbons (Fsp3) is 0.600. The molecule has 0 saturated carbocycles. The first kappa shape index (κ1) is 16.5. The van der Waals surface area contributed by atoms with Crippen LogP contribution in [0.15, 0.2) is 12.1 Å². The molecule has 1 aliphatic heterocycles. The van der Waals surface area contributed by atoms with Gasteiger partial charge >= 0.3 is 5.69 Å². The molecule has 1 heterocycles. The standard InChI is InChI=1S/C15H23N3O4/c1-22-14-9-11(8-12(15(14)19)18(20)21)13(10-16)17-6-4-2-3-5-7-17/h8-9,13,19H,2-7,10,16H2,1H3. The van der Waals surface area contributed by atoms with Crippen LogP contribution in [-0.4, -0.2) is 41.7 Å². The van der Waals surface area contributed by atoms with Gasteiger partial charge in [-0.15, -0.1) is 0 Å². The van der Waals surface area contributed by atoms with E-state index >= 15 is 0 Å². The van der Waals surface area contributed by atoms with E-state index in [4.69, 9.17) is 10.5 Å². The Hall–Kier alpha value is -1.86. The summed E-state index contributed by atoms with van der Waals surface area (Å²) in [6.07, 6.45) is 4.61. The van der Waals surface area contributed by atoms with Crippen LogP contribution in [0.4, 0.5) is 5.69 Å². The van der Waals surface area contributed by atoms with Gasteiger partial charge in [0.15, 0.2) is 5.75 Å². The zero-order valence-electron chi connectivity index (χ0n) is 12.8. The van der Waals surface area contributed by atoms with E-state index in [0.717, 1.165) is 25.9 Å². The summed E-state index contributed by atoms with van der Waals surface area (Å²) in [7, 11) is 1.38. The zero-order valence-corrected chi connectivity index (χ0v) is 12.8. The fourth-order valence-corrected chi connectivity index (χ4v) is 3.00. The van der Waals surface area contributed by atoms with E-state index in [1.54, 1.807) is 6.07 Å². The van der Waals surface area contributed by atoms with Crippen molar-refractivity contribution >= 4 is 5.69 Å². The van der Waals surface area contributed by atoms with Crippen molar-refractivity contribution in [3.63, 3.8) is 0 Å². The van der Waals surface area contributed by atoms with Crippen molar-refractivity contribution in [2.24, 2.45) is 5.73 Å². The van der Waals surface area contributed by atoms with E-state index in [1.807, 2.05) is 0 Å². The summed E-state index contributed by atoms with van der Waals surface area (Å²) >= 11 is 0. The molecule has 1 aromatic carbocycles. The lowest BCUT2D eigenvalue weighted by atomic mass is 10.0. The van der Waals surface area contributed by atoms with Gasteiger partial charge in [0.2, 0.25) is 5.75 Å². The molecule has 122 valence electrons. The monoisotopic (exact) mass is 309 g/mol. The Kier molecular flexibility index (Phi) is 5.57. The maximum atomic E-state index is 11.1. The van der Waals surface area contributed by atoms with Crippen LogP contribution in [0.5, 0.6) is 11.5 Å². The zero-order chi connectivity index (χ0) is 16.1. The first-order valence-electron chi connectivity index (χ1n) is 7.58. The second-order valence-electron chi connectivity index (χ2n) is 5.55. The lowest BCUT2D eigenvalue weighted by molar-refractivity contribution is -0.386. The molecule has 0 amide bonds. The van der Waals surface area contributed by atoms with Crippen LogP contribution in [-0.2, 0) is 0 Å². The number of hydrogen-bond acceptors (Lipinski definition) is 6.